The number of aliphatic hydroxyl groups is 1. The van der Waals surface area contributed by atoms with E-state index < -0.39 is 23.6 Å². The fourth-order valence-corrected chi connectivity index (χ4v) is 7.31. The van der Waals surface area contributed by atoms with Gasteiger partial charge in [-0.3, -0.25) is 24.2 Å². The summed E-state index contributed by atoms with van der Waals surface area (Å²) in [4.78, 5) is 43.9. The van der Waals surface area contributed by atoms with Crippen molar-refractivity contribution >= 4 is 17.5 Å². The molecule has 5 rings (SSSR count). The molecule has 9 heteroatoms. The van der Waals surface area contributed by atoms with Crippen LogP contribution in [0.5, 0.6) is 5.75 Å². The topological polar surface area (TPSA) is 123 Å². The number of nitrogens with zero attached hydrogens (tertiary/aromatic N) is 3. The molecule has 1 aromatic rings. The van der Waals surface area contributed by atoms with E-state index in [9.17, 15) is 24.8 Å². The zero-order valence-electron chi connectivity index (χ0n) is 23.6. The summed E-state index contributed by atoms with van der Waals surface area (Å²) in [6, 6.07) is 2.68. The number of rotatable bonds is 4. The van der Waals surface area contributed by atoms with Crippen LogP contribution in [0.2, 0.25) is 0 Å². The van der Waals surface area contributed by atoms with E-state index in [4.69, 9.17) is 4.74 Å². The number of carbonyl (C=O) groups is 3. The summed E-state index contributed by atoms with van der Waals surface area (Å²) in [6.45, 7) is 9.16. The lowest BCUT2D eigenvalue weighted by atomic mass is 9.69. The van der Waals surface area contributed by atoms with Crippen LogP contribution in [-0.2, 0) is 20.8 Å². The lowest BCUT2D eigenvalue weighted by Gasteiger charge is -2.60. The highest BCUT2D eigenvalue weighted by Crippen LogP contribution is 2.51. The minimum absolute atomic E-state index is 0.0357. The van der Waals surface area contributed by atoms with Crippen molar-refractivity contribution < 1.29 is 24.2 Å². The number of nitriles is 1. The minimum Gasteiger partial charge on any atom is -0.504 e. The van der Waals surface area contributed by atoms with Crippen LogP contribution in [0.25, 0.3) is 0 Å². The Kier molecular flexibility index (Phi) is 6.68. The molecule has 39 heavy (non-hydrogen) atoms. The van der Waals surface area contributed by atoms with Crippen LogP contribution in [-0.4, -0.2) is 77.2 Å². The van der Waals surface area contributed by atoms with E-state index in [1.807, 2.05) is 25.8 Å². The second-order valence-corrected chi connectivity index (χ2v) is 11.5. The summed E-state index contributed by atoms with van der Waals surface area (Å²) in [6.07, 6.45) is 0.900. The van der Waals surface area contributed by atoms with Gasteiger partial charge in [-0.05, 0) is 62.9 Å². The number of benzene rings is 1. The Morgan fingerprint density at radius 3 is 2.51 bits per heavy atom. The number of carbonyl (C=O) groups excluding carboxylic acids is 3. The molecule has 0 radical (unpaired) electrons. The standard InChI is InChI=1S/C30H36N4O5/c1-13(2)30(38)32-12-22-24-18(26(35)16(5)27(36)28(24)37)10-20-25-23-15(4)29(39-7)14(3)8-17(23)9-19(33(25)6)21(11-31)34(20)22/h8,13,19-22,25,36H,9-10,12H2,1-7H3,(H,32,38)/t19-,20-,21-,22-,25-/m0/s1. The summed E-state index contributed by atoms with van der Waals surface area (Å²) < 4.78 is 5.77. The summed E-state index contributed by atoms with van der Waals surface area (Å²) in [5.41, 5.74) is 4.96. The first kappa shape index (κ1) is 27.1. The number of hydrogen-bond acceptors (Lipinski definition) is 8. The molecule has 0 saturated carbocycles. The van der Waals surface area contributed by atoms with E-state index in [0.717, 1.165) is 22.4 Å². The molecule has 1 aliphatic carbocycles. The molecule has 0 unspecified atom stereocenters. The molecule has 1 saturated heterocycles. The molecule has 2 bridgehead atoms. The molecule has 206 valence electrons. The highest BCUT2D eigenvalue weighted by atomic mass is 16.5. The molecular weight excluding hydrogens is 496 g/mol. The second-order valence-electron chi connectivity index (χ2n) is 11.5. The Morgan fingerprint density at radius 2 is 1.90 bits per heavy atom. The molecule has 5 atom stereocenters. The minimum atomic E-state index is -0.731. The van der Waals surface area contributed by atoms with E-state index in [1.165, 1.54) is 12.5 Å². The lowest BCUT2D eigenvalue weighted by molar-refractivity contribution is -0.126. The highest BCUT2D eigenvalue weighted by molar-refractivity contribution is 6.24. The summed E-state index contributed by atoms with van der Waals surface area (Å²) >= 11 is 0. The maximum atomic E-state index is 13.5. The van der Waals surface area contributed by atoms with Gasteiger partial charge in [0.2, 0.25) is 11.7 Å². The molecule has 0 spiro atoms. The number of likely N-dealkylation sites (N-methyl/N-ethyl adjacent to an activating group) is 1. The monoisotopic (exact) mass is 532 g/mol. The molecule has 2 N–H and O–H groups in total. The number of hydrogen-bond donors (Lipinski definition) is 2. The van der Waals surface area contributed by atoms with Crippen LogP contribution in [0.3, 0.4) is 0 Å². The number of aliphatic hydroxyl groups excluding tert-OH is 1. The molecule has 4 aliphatic rings. The van der Waals surface area contributed by atoms with Gasteiger partial charge in [-0.25, -0.2) is 0 Å². The SMILES string of the molecule is COc1c(C)cc2c(c1C)[C@@H]1[C@@H]3CC4=C(C(=O)C(O)=C(C)C4=O)[C@H](CNC(=O)C(C)C)N3[C@@H](C#N)[C@H](C2)N1C. The van der Waals surface area contributed by atoms with Crippen molar-refractivity contribution in [3.63, 3.8) is 0 Å². The first-order chi connectivity index (χ1) is 18.4. The van der Waals surface area contributed by atoms with E-state index in [1.54, 1.807) is 21.0 Å². The number of Topliss-reactive ketones (excluding diaryl/α,β-unsaturated/α-hetero) is 2. The Labute approximate surface area is 229 Å². The van der Waals surface area contributed by atoms with E-state index in [2.05, 4.69) is 22.4 Å². The van der Waals surface area contributed by atoms with Gasteiger partial charge in [-0.2, -0.15) is 5.26 Å². The number of ether oxygens (including phenoxy) is 1. The lowest BCUT2D eigenvalue weighted by Crippen LogP contribution is -2.71. The van der Waals surface area contributed by atoms with Crippen molar-refractivity contribution in [3.05, 3.63) is 50.8 Å². The predicted octanol–water partition coefficient (Wildman–Crippen LogP) is 2.61. The van der Waals surface area contributed by atoms with Gasteiger partial charge in [-0.15, -0.1) is 0 Å². The number of methoxy groups -OCH3 is 1. The maximum absolute atomic E-state index is 13.5. The quantitative estimate of drug-likeness (QED) is 0.568. The first-order valence-electron chi connectivity index (χ1n) is 13.5. The zero-order valence-corrected chi connectivity index (χ0v) is 23.6. The van der Waals surface area contributed by atoms with Gasteiger partial charge >= 0.3 is 0 Å². The van der Waals surface area contributed by atoms with Gasteiger partial charge in [0.1, 0.15) is 11.8 Å². The van der Waals surface area contributed by atoms with Gasteiger partial charge < -0.3 is 15.2 Å². The predicted molar refractivity (Wildman–Crippen MR) is 144 cm³/mol. The summed E-state index contributed by atoms with van der Waals surface area (Å²) in [5, 5.41) is 24.1. The Hall–Kier alpha value is -3.48. The molecule has 9 nitrogen and oxygen atoms in total. The fourth-order valence-electron chi connectivity index (χ4n) is 7.31. The van der Waals surface area contributed by atoms with E-state index >= 15 is 0 Å². The van der Waals surface area contributed by atoms with Crippen molar-refractivity contribution in [1.29, 1.82) is 5.26 Å². The Bertz CT molecular complexity index is 1400. The molecular formula is C30H36N4O5. The zero-order chi connectivity index (χ0) is 28.5. The van der Waals surface area contributed by atoms with Crippen molar-refractivity contribution in [2.24, 2.45) is 5.92 Å². The smallest absolute Gasteiger partial charge is 0.225 e. The molecule has 1 aromatic carbocycles. The van der Waals surface area contributed by atoms with Gasteiger partial charge in [0.05, 0.1) is 25.3 Å². The summed E-state index contributed by atoms with van der Waals surface area (Å²) in [5.74, 6) is -1.15. The second kappa shape index (κ2) is 9.61. The maximum Gasteiger partial charge on any atom is 0.225 e. The number of aryl methyl sites for hydroxylation is 1. The van der Waals surface area contributed by atoms with Gasteiger partial charge in [0.25, 0.3) is 0 Å². The number of nitrogens with one attached hydrogen (secondary N) is 1. The molecule has 1 fully saturated rings. The van der Waals surface area contributed by atoms with Crippen molar-refractivity contribution in [2.75, 3.05) is 20.7 Å². The van der Waals surface area contributed by atoms with Gasteiger partial charge in [-0.1, -0.05) is 19.9 Å². The van der Waals surface area contributed by atoms with Crippen molar-refractivity contribution in [3.8, 4) is 11.8 Å². The number of piperazine rings is 1. The number of ketones is 2. The van der Waals surface area contributed by atoms with Crippen LogP contribution in [0.15, 0.2) is 28.5 Å². The average Bonchev–Trinajstić information content (AvgIpc) is 2.89. The third-order valence-corrected chi connectivity index (χ3v) is 9.15. The molecule has 0 aromatic heterocycles. The van der Waals surface area contributed by atoms with Crippen LogP contribution in [0.4, 0.5) is 0 Å². The molecule has 3 aliphatic heterocycles. The van der Waals surface area contributed by atoms with Gasteiger partial charge in [0.15, 0.2) is 11.5 Å². The van der Waals surface area contributed by atoms with E-state index in [-0.39, 0.29) is 59.8 Å². The Balaban J connectivity index is 1.72. The van der Waals surface area contributed by atoms with Crippen molar-refractivity contribution in [2.45, 2.75) is 77.7 Å². The number of amides is 1. The normalized spacial score (nSPS) is 28.6. The van der Waals surface area contributed by atoms with Crippen LogP contribution in [0.1, 0.15) is 55.5 Å². The molecule has 1 amide bonds. The van der Waals surface area contributed by atoms with Crippen LogP contribution in [0, 0.1) is 31.1 Å². The highest BCUT2D eigenvalue weighted by Gasteiger charge is 2.57. The third kappa shape index (κ3) is 3.84. The first-order valence-corrected chi connectivity index (χ1v) is 13.5. The fraction of sp³-hybridized carbons (Fsp3) is 0.533. The van der Waals surface area contributed by atoms with E-state index in [0.29, 0.717) is 12.0 Å². The Morgan fingerprint density at radius 1 is 1.21 bits per heavy atom. The largest absolute Gasteiger partial charge is 0.504 e. The number of fused-ring (bicyclic) bond motifs is 6. The van der Waals surface area contributed by atoms with Crippen LogP contribution < -0.4 is 10.1 Å². The average molecular weight is 533 g/mol. The summed E-state index contributed by atoms with van der Waals surface area (Å²) in [7, 11) is 3.69. The number of allylic oxidation sites excluding steroid dienone is 2. The third-order valence-electron chi connectivity index (χ3n) is 9.15. The van der Waals surface area contributed by atoms with Gasteiger partial charge in [0, 0.05) is 41.3 Å². The molecule has 3 heterocycles. The van der Waals surface area contributed by atoms with Crippen molar-refractivity contribution in [1.82, 2.24) is 15.1 Å². The van der Waals surface area contributed by atoms with Crippen LogP contribution >= 0.6 is 0 Å².